The van der Waals surface area contributed by atoms with E-state index in [4.69, 9.17) is 0 Å². The third kappa shape index (κ3) is 2.14. The van der Waals surface area contributed by atoms with Crippen LogP contribution in [0.4, 0.5) is 0 Å². The zero-order valence-electron chi connectivity index (χ0n) is 10.9. The lowest BCUT2D eigenvalue weighted by molar-refractivity contribution is -0.0964. The summed E-state index contributed by atoms with van der Waals surface area (Å²) in [7, 11) is 0. The molecule has 94 valence electrons. The van der Waals surface area contributed by atoms with Gasteiger partial charge in [-0.15, -0.1) is 0 Å². The molecule has 0 aromatic heterocycles. The van der Waals surface area contributed by atoms with Crippen molar-refractivity contribution < 1.29 is 10.2 Å². The van der Waals surface area contributed by atoms with Gasteiger partial charge >= 0.3 is 0 Å². The van der Waals surface area contributed by atoms with Gasteiger partial charge in [-0.1, -0.05) is 13.3 Å². The minimum absolute atomic E-state index is 0.135. The Labute approximate surface area is 99.1 Å². The number of hydrogen-bond acceptors (Lipinski definition) is 2. The largest absolute Gasteiger partial charge is 0.393 e. The Kier molecular flexibility index (Phi) is 3.09. The smallest absolute Gasteiger partial charge is 0.0619 e. The van der Waals surface area contributed by atoms with Crippen LogP contribution >= 0.6 is 0 Å². The zero-order valence-corrected chi connectivity index (χ0v) is 10.9. The van der Waals surface area contributed by atoms with Gasteiger partial charge in [-0.2, -0.15) is 0 Å². The molecule has 0 amide bonds. The van der Waals surface area contributed by atoms with Crippen molar-refractivity contribution in [2.75, 3.05) is 0 Å². The number of hydrogen-bond donors (Lipinski definition) is 2. The Morgan fingerprint density at radius 3 is 2.50 bits per heavy atom. The Bertz CT molecular complexity index is 256. The molecule has 0 heterocycles. The van der Waals surface area contributed by atoms with Crippen LogP contribution in [0.25, 0.3) is 0 Å². The van der Waals surface area contributed by atoms with Crippen molar-refractivity contribution >= 4 is 0 Å². The monoisotopic (exact) mass is 226 g/mol. The van der Waals surface area contributed by atoms with E-state index in [1.54, 1.807) is 0 Å². The van der Waals surface area contributed by atoms with Gasteiger partial charge in [0, 0.05) is 0 Å². The first-order valence-corrected chi connectivity index (χ1v) is 6.73. The molecule has 0 spiro atoms. The van der Waals surface area contributed by atoms with Crippen LogP contribution in [0, 0.1) is 17.3 Å². The van der Waals surface area contributed by atoms with Crippen molar-refractivity contribution in [1.29, 1.82) is 0 Å². The summed E-state index contributed by atoms with van der Waals surface area (Å²) in [6, 6.07) is 0. The fourth-order valence-electron chi connectivity index (χ4n) is 3.89. The molecule has 2 heteroatoms. The van der Waals surface area contributed by atoms with Gasteiger partial charge < -0.3 is 10.2 Å². The van der Waals surface area contributed by atoms with Gasteiger partial charge in [-0.3, -0.25) is 0 Å². The highest BCUT2D eigenvalue weighted by Crippen LogP contribution is 2.53. The van der Waals surface area contributed by atoms with Crippen molar-refractivity contribution in [1.82, 2.24) is 0 Å². The summed E-state index contributed by atoms with van der Waals surface area (Å²) in [4.78, 5) is 0. The molecule has 0 bridgehead atoms. The summed E-state index contributed by atoms with van der Waals surface area (Å²) in [5.74, 6) is 0.768. The number of aliphatic hydroxyl groups is 2. The zero-order chi connectivity index (χ0) is 12.0. The van der Waals surface area contributed by atoms with E-state index in [0.717, 1.165) is 19.3 Å². The first-order valence-electron chi connectivity index (χ1n) is 6.73. The van der Waals surface area contributed by atoms with Gasteiger partial charge in [0.1, 0.15) is 0 Å². The molecule has 0 radical (unpaired) electrons. The van der Waals surface area contributed by atoms with E-state index in [0.29, 0.717) is 17.3 Å². The molecule has 0 unspecified atom stereocenters. The highest BCUT2D eigenvalue weighted by molar-refractivity contribution is 4.98. The Morgan fingerprint density at radius 2 is 1.88 bits per heavy atom. The maximum Gasteiger partial charge on any atom is 0.0619 e. The fourth-order valence-corrected chi connectivity index (χ4v) is 3.89. The fraction of sp³-hybridized carbons (Fsp3) is 1.00. The van der Waals surface area contributed by atoms with Crippen LogP contribution in [-0.2, 0) is 0 Å². The number of rotatable bonds is 1. The molecular formula is C14H26O2. The molecular weight excluding hydrogens is 200 g/mol. The summed E-state index contributed by atoms with van der Waals surface area (Å²) in [5, 5.41) is 20.3. The lowest BCUT2D eigenvalue weighted by Crippen LogP contribution is -2.48. The molecule has 0 aromatic rings. The molecule has 0 saturated heterocycles. The maximum absolute atomic E-state index is 10.2. The molecule has 0 aliphatic heterocycles. The van der Waals surface area contributed by atoms with E-state index < -0.39 is 5.60 Å². The molecule has 4 atom stereocenters. The Morgan fingerprint density at radius 1 is 1.19 bits per heavy atom. The molecule has 2 saturated carbocycles. The van der Waals surface area contributed by atoms with Crippen molar-refractivity contribution in [3.05, 3.63) is 0 Å². The van der Waals surface area contributed by atoms with Crippen molar-refractivity contribution in [2.24, 2.45) is 17.3 Å². The predicted molar refractivity (Wildman–Crippen MR) is 65.1 cm³/mol. The molecule has 2 N–H and O–H groups in total. The van der Waals surface area contributed by atoms with E-state index in [2.05, 4.69) is 6.92 Å². The van der Waals surface area contributed by atoms with Gasteiger partial charge in [0.05, 0.1) is 11.7 Å². The quantitative estimate of drug-likeness (QED) is 0.721. The summed E-state index contributed by atoms with van der Waals surface area (Å²) >= 11 is 0. The summed E-state index contributed by atoms with van der Waals surface area (Å²) < 4.78 is 0. The topological polar surface area (TPSA) is 40.5 Å². The number of aliphatic hydroxyl groups excluding tert-OH is 1. The molecule has 2 nitrogen and oxygen atoms in total. The van der Waals surface area contributed by atoms with E-state index in [-0.39, 0.29) is 6.10 Å². The first-order chi connectivity index (χ1) is 7.33. The van der Waals surface area contributed by atoms with Crippen LogP contribution in [0.5, 0.6) is 0 Å². The molecule has 16 heavy (non-hydrogen) atoms. The number of fused-ring (bicyclic) bond motifs is 1. The van der Waals surface area contributed by atoms with Gasteiger partial charge in [-0.25, -0.2) is 0 Å². The van der Waals surface area contributed by atoms with Crippen LogP contribution in [0.3, 0.4) is 0 Å². The van der Waals surface area contributed by atoms with Gasteiger partial charge in [0.2, 0.25) is 0 Å². The SMILES string of the molecule is CC(C)(O)[C@@H]1CC[C@]2(C)CCC[C@@H](O)[C@@H]2C1. The Balaban J connectivity index is 2.12. The second-order valence-corrected chi connectivity index (χ2v) is 6.85. The molecule has 2 rings (SSSR count). The minimum atomic E-state index is -0.585. The van der Waals surface area contributed by atoms with Gasteiger partial charge in [0.25, 0.3) is 0 Å². The summed E-state index contributed by atoms with van der Waals surface area (Å²) in [6.07, 6.45) is 6.53. The van der Waals surface area contributed by atoms with Crippen molar-refractivity contribution in [2.45, 2.75) is 71.0 Å². The molecule has 0 aromatic carbocycles. The molecule has 2 aliphatic carbocycles. The van der Waals surface area contributed by atoms with E-state index in [1.165, 1.54) is 19.3 Å². The predicted octanol–water partition coefficient (Wildman–Crippen LogP) is 2.72. The van der Waals surface area contributed by atoms with Crippen LogP contribution in [0.2, 0.25) is 0 Å². The van der Waals surface area contributed by atoms with Crippen molar-refractivity contribution in [3.8, 4) is 0 Å². The standard InChI is InChI=1S/C14H26O2/c1-13(2,16)10-6-8-14(3)7-4-5-12(15)11(14)9-10/h10-12,15-16H,4-9H2,1-3H3/t10-,11+,12-,14+/m1/s1. The normalized spacial score (nSPS) is 45.2. The highest BCUT2D eigenvalue weighted by Gasteiger charge is 2.47. The van der Waals surface area contributed by atoms with Crippen LogP contribution in [0.15, 0.2) is 0 Å². The van der Waals surface area contributed by atoms with E-state index in [9.17, 15) is 10.2 Å². The van der Waals surface area contributed by atoms with Gasteiger partial charge in [-0.05, 0) is 63.2 Å². The average molecular weight is 226 g/mol. The van der Waals surface area contributed by atoms with E-state index in [1.807, 2.05) is 13.8 Å². The second kappa shape index (κ2) is 3.99. The molecule has 2 fully saturated rings. The first kappa shape index (κ1) is 12.4. The average Bonchev–Trinajstić information content (AvgIpc) is 2.15. The van der Waals surface area contributed by atoms with Crippen molar-refractivity contribution in [3.63, 3.8) is 0 Å². The van der Waals surface area contributed by atoms with Gasteiger partial charge in [0.15, 0.2) is 0 Å². The van der Waals surface area contributed by atoms with Crippen LogP contribution < -0.4 is 0 Å². The lowest BCUT2D eigenvalue weighted by atomic mass is 9.55. The highest BCUT2D eigenvalue weighted by atomic mass is 16.3. The Hall–Kier alpha value is -0.0800. The van der Waals surface area contributed by atoms with Crippen LogP contribution in [-0.4, -0.2) is 21.9 Å². The third-order valence-electron chi connectivity index (χ3n) is 5.21. The minimum Gasteiger partial charge on any atom is -0.393 e. The lowest BCUT2D eigenvalue weighted by Gasteiger charge is -2.51. The summed E-state index contributed by atoms with van der Waals surface area (Å²) in [5.41, 5.74) is -0.252. The van der Waals surface area contributed by atoms with E-state index >= 15 is 0 Å². The maximum atomic E-state index is 10.2. The van der Waals surface area contributed by atoms with Crippen LogP contribution in [0.1, 0.15) is 59.3 Å². The third-order valence-corrected chi connectivity index (χ3v) is 5.21. The second-order valence-electron chi connectivity index (χ2n) is 6.85. The molecule has 2 aliphatic rings. The summed E-state index contributed by atoms with van der Waals surface area (Å²) in [6.45, 7) is 6.16.